The van der Waals surface area contributed by atoms with E-state index in [1.807, 2.05) is 0 Å². The van der Waals surface area contributed by atoms with Crippen LogP contribution < -0.4 is 5.32 Å². The van der Waals surface area contributed by atoms with Gasteiger partial charge in [0, 0.05) is 31.2 Å². The Hall–Kier alpha value is -0.0800. The van der Waals surface area contributed by atoms with E-state index in [9.17, 15) is 0 Å². The summed E-state index contributed by atoms with van der Waals surface area (Å²) in [4.78, 5) is 2.80. The number of rotatable bonds is 5. The summed E-state index contributed by atoms with van der Waals surface area (Å²) >= 11 is 0. The molecular formula is C17H34N2. The van der Waals surface area contributed by atoms with Crippen LogP contribution in [0, 0.1) is 5.41 Å². The van der Waals surface area contributed by atoms with Crippen molar-refractivity contribution in [3.05, 3.63) is 0 Å². The fraction of sp³-hybridized carbons (Fsp3) is 1.00. The summed E-state index contributed by atoms with van der Waals surface area (Å²) in [6.45, 7) is 13.3. The first kappa shape index (κ1) is 15.3. The Kier molecular flexibility index (Phi) is 4.94. The fourth-order valence-corrected chi connectivity index (χ4v) is 4.21. The first-order chi connectivity index (χ1) is 9.09. The molecule has 1 N–H and O–H groups in total. The van der Waals surface area contributed by atoms with Crippen LogP contribution >= 0.6 is 0 Å². The predicted molar refractivity (Wildman–Crippen MR) is 83.5 cm³/mol. The van der Waals surface area contributed by atoms with Crippen LogP contribution in [0.2, 0.25) is 0 Å². The summed E-state index contributed by atoms with van der Waals surface area (Å²) in [5, 5.41) is 3.83. The minimum atomic E-state index is 0.375. The maximum Gasteiger partial charge on any atom is 0.0304 e. The summed E-state index contributed by atoms with van der Waals surface area (Å²) in [6, 6.07) is 0.704. The van der Waals surface area contributed by atoms with Crippen molar-refractivity contribution in [3.8, 4) is 0 Å². The molecule has 112 valence electrons. The topological polar surface area (TPSA) is 15.3 Å². The number of hydrogen-bond donors (Lipinski definition) is 1. The van der Waals surface area contributed by atoms with Gasteiger partial charge in [-0.1, -0.05) is 33.6 Å². The lowest BCUT2D eigenvalue weighted by Crippen LogP contribution is -2.64. The Morgan fingerprint density at radius 2 is 1.68 bits per heavy atom. The molecule has 1 heterocycles. The molecule has 0 spiro atoms. The Bertz CT molecular complexity index is 277. The largest absolute Gasteiger partial charge is 0.308 e. The second kappa shape index (κ2) is 6.13. The average molecular weight is 266 g/mol. The van der Waals surface area contributed by atoms with Crippen molar-refractivity contribution in [2.24, 2.45) is 5.41 Å². The molecule has 2 rings (SSSR count). The summed E-state index contributed by atoms with van der Waals surface area (Å²) in [6.07, 6.45) is 9.73. The smallest absolute Gasteiger partial charge is 0.0304 e. The van der Waals surface area contributed by atoms with Crippen molar-refractivity contribution in [1.29, 1.82) is 0 Å². The van der Waals surface area contributed by atoms with Crippen molar-refractivity contribution < 1.29 is 0 Å². The summed E-state index contributed by atoms with van der Waals surface area (Å²) in [7, 11) is 0. The Balaban J connectivity index is 2.04. The molecule has 1 aliphatic carbocycles. The lowest BCUT2D eigenvalue weighted by molar-refractivity contribution is 0.0394. The van der Waals surface area contributed by atoms with E-state index in [0.29, 0.717) is 17.0 Å². The van der Waals surface area contributed by atoms with Gasteiger partial charge in [0.2, 0.25) is 0 Å². The van der Waals surface area contributed by atoms with Crippen LogP contribution in [-0.2, 0) is 0 Å². The van der Waals surface area contributed by atoms with E-state index in [4.69, 9.17) is 0 Å². The molecule has 0 aromatic heterocycles. The first-order valence-corrected chi connectivity index (χ1v) is 8.58. The number of nitrogens with zero attached hydrogens (tertiary/aromatic N) is 1. The molecule has 0 radical (unpaired) electrons. The maximum atomic E-state index is 3.83. The zero-order valence-electron chi connectivity index (χ0n) is 13.6. The van der Waals surface area contributed by atoms with E-state index >= 15 is 0 Å². The normalized spacial score (nSPS) is 30.6. The molecule has 2 aliphatic rings. The molecule has 1 unspecified atom stereocenters. The van der Waals surface area contributed by atoms with Gasteiger partial charge in [0.05, 0.1) is 0 Å². The van der Waals surface area contributed by atoms with E-state index in [1.165, 1.54) is 64.6 Å². The lowest BCUT2D eigenvalue weighted by Gasteiger charge is -2.49. The summed E-state index contributed by atoms with van der Waals surface area (Å²) < 4.78 is 0. The molecule has 1 aliphatic heterocycles. The van der Waals surface area contributed by atoms with Crippen molar-refractivity contribution in [1.82, 2.24) is 10.2 Å². The lowest BCUT2D eigenvalue weighted by atomic mass is 9.81. The van der Waals surface area contributed by atoms with Gasteiger partial charge in [0.1, 0.15) is 0 Å². The monoisotopic (exact) mass is 266 g/mol. The van der Waals surface area contributed by atoms with Gasteiger partial charge in [-0.05, 0) is 44.4 Å². The fourth-order valence-electron chi connectivity index (χ4n) is 4.21. The minimum Gasteiger partial charge on any atom is -0.308 e. The van der Waals surface area contributed by atoms with Crippen LogP contribution in [0.1, 0.15) is 72.6 Å². The highest BCUT2D eigenvalue weighted by Crippen LogP contribution is 2.42. The highest BCUT2D eigenvalue weighted by atomic mass is 15.3. The maximum absolute atomic E-state index is 3.83. The highest BCUT2D eigenvalue weighted by Gasteiger charge is 2.40. The van der Waals surface area contributed by atoms with Crippen molar-refractivity contribution in [2.45, 2.75) is 84.2 Å². The summed E-state index contributed by atoms with van der Waals surface area (Å²) in [5.41, 5.74) is 1.01. The summed E-state index contributed by atoms with van der Waals surface area (Å²) in [5.74, 6) is 0. The first-order valence-electron chi connectivity index (χ1n) is 8.58. The number of nitrogens with one attached hydrogen (secondary N) is 1. The molecule has 0 amide bonds. The van der Waals surface area contributed by atoms with Gasteiger partial charge in [-0.2, -0.15) is 0 Å². The average Bonchev–Trinajstić information content (AvgIpc) is 2.91. The van der Waals surface area contributed by atoms with Crippen LogP contribution in [0.4, 0.5) is 0 Å². The molecular weight excluding hydrogens is 232 g/mol. The third-order valence-electron chi connectivity index (χ3n) is 6.21. The molecule has 1 atom stereocenters. The van der Waals surface area contributed by atoms with Gasteiger partial charge in [-0.3, -0.25) is 4.90 Å². The van der Waals surface area contributed by atoms with Crippen LogP contribution in [-0.4, -0.2) is 36.1 Å². The quantitative estimate of drug-likeness (QED) is 0.814. The molecule has 0 aromatic carbocycles. The van der Waals surface area contributed by atoms with E-state index in [0.717, 1.165) is 0 Å². The molecule has 0 aromatic rings. The predicted octanol–water partition coefficient (Wildman–Crippen LogP) is 3.81. The van der Waals surface area contributed by atoms with Crippen molar-refractivity contribution >= 4 is 0 Å². The zero-order chi connectivity index (χ0) is 13.9. The van der Waals surface area contributed by atoms with Crippen LogP contribution in [0.3, 0.4) is 0 Å². The second-order valence-electron chi connectivity index (χ2n) is 7.18. The van der Waals surface area contributed by atoms with Gasteiger partial charge >= 0.3 is 0 Å². The van der Waals surface area contributed by atoms with Crippen molar-refractivity contribution in [3.63, 3.8) is 0 Å². The number of piperazine rings is 1. The van der Waals surface area contributed by atoms with Gasteiger partial charge < -0.3 is 5.32 Å². The van der Waals surface area contributed by atoms with Crippen molar-refractivity contribution in [2.75, 3.05) is 19.6 Å². The van der Waals surface area contributed by atoms with Gasteiger partial charge in [0.25, 0.3) is 0 Å². The molecule has 19 heavy (non-hydrogen) atoms. The van der Waals surface area contributed by atoms with E-state index in [-0.39, 0.29) is 0 Å². The molecule has 1 saturated carbocycles. The third-order valence-corrected chi connectivity index (χ3v) is 6.21. The molecule has 2 heteroatoms. The standard InChI is InChI=1S/C17H34N2/c1-5-16(10-8-9-11-16)13-19-14-17(6-2,7-3)18-12-15(19)4/h15,18H,5-14H2,1-4H3. The molecule has 2 nitrogen and oxygen atoms in total. The SMILES string of the molecule is CCC1(CN2CC(CC)(CC)NCC2C)CCCC1. The Morgan fingerprint density at radius 1 is 1.05 bits per heavy atom. The van der Waals surface area contributed by atoms with Crippen LogP contribution in [0.5, 0.6) is 0 Å². The second-order valence-corrected chi connectivity index (χ2v) is 7.18. The minimum absolute atomic E-state index is 0.375. The van der Waals surface area contributed by atoms with Gasteiger partial charge in [0.15, 0.2) is 0 Å². The third kappa shape index (κ3) is 3.16. The molecule has 1 saturated heterocycles. The zero-order valence-corrected chi connectivity index (χ0v) is 13.6. The van der Waals surface area contributed by atoms with E-state index in [1.54, 1.807) is 0 Å². The van der Waals surface area contributed by atoms with Crippen LogP contribution in [0.25, 0.3) is 0 Å². The highest BCUT2D eigenvalue weighted by molar-refractivity contribution is 4.98. The number of hydrogen-bond acceptors (Lipinski definition) is 2. The van der Waals surface area contributed by atoms with E-state index in [2.05, 4.69) is 37.9 Å². The Labute approximate surface area is 120 Å². The van der Waals surface area contributed by atoms with Gasteiger partial charge in [-0.25, -0.2) is 0 Å². The van der Waals surface area contributed by atoms with E-state index < -0.39 is 0 Å². The Morgan fingerprint density at radius 3 is 2.21 bits per heavy atom. The van der Waals surface area contributed by atoms with Crippen LogP contribution in [0.15, 0.2) is 0 Å². The molecule has 2 fully saturated rings. The van der Waals surface area contributed by atoms with Gasteiger partial charge in [-0.15, -0.1) is 0 Å². The molecule has 0 bridgehead atoms.